The molecule has 0 aliphatic rings. The molecule has 0 saturated carbocycles. The predicted molar refractivity (Wildman–Crippen MR) is 116 cm³/mol. The van der Waals surface area contributed by atoms with E-state index in [9.17, 15) is 18.4 Å². The Labute approximate surface area is 182 Å². The van der Waals surface area contributed by atoms with E-state index < -0.39 is 24.2 Å². The number of hydrogen-bond donors (Lipinski definition) is 1. The molecule has 0 saturated heterocycles. The molecule has 0 bridgehead atoms. The van der Waals surface area contributed by atoms with Gasteiger partial charge in [-0.1, -0.05) is 35.5 Å². The molecule has 0 fully saturated rings. The van der Waals surface area contributed by atoms with E-state index in [-0.39, 0.29) is 17.0 Å². The molecular weight excluding hydrogens is 422 g/mol. The van der Waals surface area contributed by atoms with Crippen LogP contribution >= 0.6 is 0 Å². The maximum absolute atomic E-state index is 12.9. The van der Waals surface area contributed by atoms with Crippen LogP contribution in [-0.4, -0.2) is 34.2 Å². The third-order valence-corrected chi connectivity index (χ3v) is 4.72. The van der Waals surface area contributed by atoms with Gasteiger partial charge in [0.15, 0.2) is 0 Å². The molecule has 1 heterocycles. The Hall–Kier alpha value is -3.95. The normalized spacial score (nSPS) is 12.2. The summed E-state index contributed by atoms with van der Waals surface area (Å²) >= 11 is 0. The Kier molecular flexibility index (Phi) is 7.04. The van der Waals surface area contributed by atoms with E-state index in [0.29, 0.717) is 11.4 Å². The van der Waals surface area contributed by atoms with Gasteiger partial charge in [0.2, 0.25) is 6.10 Å². The first-order valence-corrected chi connectivity index (χ1v) is 9.67. The van der Waals surface area contributed by atoms with Crippen LogP contribution in [0.1, 0.15) is 18.2 Å². The summed E-state index contributed by atoms with van der Waals surface area (Å²) < 4.78 is 32.5. The van der Waals surface area contributed by atoms with Crippen molar-refractivity contribution in [2.45, 2.75) is 26.6 Å². The SMILES string of the molecule is Cc1c(NC(=O)[C@H](C)O/N=C\c2ccccc2OC(F)F)c(=O)n(-c2ccccc2)n1C. The van der Waals surface area contributed by atoms with E-state index >= 15 is 0 Å². The number of nitrogens with one attached hydrogen (secondary N) is 1. The lowest BCUT2D eigenvalue weighted by atomic mass is 10.2. The Morgan fingerprint density at radius 2 is 1.78 bits per heavy atom. The fourth-order valence-electron chi connectivity index (χ4n) is 2.95. The molecule has 0 unspecified atom stereocenters. The molecular formula is C22H22F2N4O4. The van der Waals surface area contributed by atoms with Gasteiger partial charge in [-0.2, -0.15) is 8.78 Å². The number of aromatic nitrogens is 2. The van der Waals surface area contributed by atoms with Crippen molar-refractivity contribution < 1.29 is 23.1 Å². The highest BCUT2D eigenvalue weighted by atomic mass is 19.3. The number of anilines is 1. The van der Waals surface area contributed by atoms with Crippen molar-refractivity contribution in [3.63, 3.8) is 0 Å². The number of ether oxygens (including phenoxy) is 1. The van der Waals surface area contributed by atoms with Crippen LogP contribution < -0.4 is 15.6 Å². The third kappa shape index (κ3) is 5.02. The van der Waals surface area contributed by atoms with E-state index in [2.05, 4.69) is 15.2 Å². The molecule has 32 heavy (non-hydrogen) atoms. The van der Waals surface area contributed by atoms with E-state index in [1.165, 1.54) is 29.8 Å². The van der Waals surface area contributed by atoms with Gasteiger partial charge in [-0.05, 0) is 38.1 Å². The lowest BCUT2D eigenvalue weighted by molar-refractivity contribution is -0.126. The number of carbonyl (C=O) groups is 1. The second-order valence-electron chi connectivity index (χ2n) is 6.82. The average molecular weight is 444 g/mol. The number of rotatable bonds is 8. The number of alkyl halides is 2. The fraction of sp³-hybridized carbons (Fsp3) is 0.227. The number of oxime groups is 1. The molecule has 1 N–H and O–H groups in total. The van der Waals surface area contributed by atoms with Crippen LogP contribution in [0.5, 0.6) is 5.75 Å². The molecule has 0 aliphatic carbocycles. The molecule has 1 amide bonds. The summed E-state index contributed by atoms with van der Waals surface area (Å²) in [6, 6.07) is 15.0. The van der Waals surface area contributed by atoms with Gasteiger partial charge in [-0.25, -0.2) is 4.68 Å². The summed E-state index contributed by atoms with van der Waals surface area (Å²) in [6.07, 6.45) is 0.107. The highest BCUT2D eigenvalue weighted by Crippen LogP contribution is 2.19. The number of nitrogens with zero attached hydrogens (tertiary/aromatic N) is 3. The largest absolute Gasteiger partial charge is 0.434 e. The predicted octanol–water partition coefficient (Wildman–Crippen LogP) is 3.46. The van der Waals surface area contributed by atoms with E-state index in [1.54, 1.807) is 49.0 Å². The van der Waals surface area contributed by atoms with Gasteiger partial charge in [0.25, 0.3) is 11.5 Å². The Bertz CT molecular complexity index is 1170. The van der Waals surface area contributed by atoms with Gasteiger partial charge in [0, 0.05) is 12.6 Å². The average Bonchev–Trinajstić information content (AvgIpc) is 2.98. The summed E-state index contributed by atoms with van der Waals surface area (Å²) in [5.41, 5.74) is 1.20. The van der Waals surface area contributed by atoms with Crippen molar-refractivity contribution in [1.29, 1.82) is 0 Å². The monoisotopic (exact) mass is 444 g/mol. The van der Waals surface area contributed by atoms with Crippen molar-refractivity contribution in [3.8, 4) is 11.4 Å². The van der Waals surface area contributed by atoms with Crippen molar-refractivity contribution >= 4 is 17.8 Å². The molecule has 0 radical (unpaired) electrons. The van der Waals surface area contributed by atoms with Crippen LogP contribution in [0, 0.1) is 6.92 Å². The van der Waals surface area contributed by atoms with Gasteiger partial charge < -0.3 is 14.9 Å². The van der Waals surface area contributed by atoms with Crippen LogP contribution in [0.25, 0.3) is 5.69 Å². The summed E-state index contributed by atoms with van der Waals surface area (Å²) in [5, 5.41) is 6.27. The first-order valence-electron chi connectivity index (χ1n) is 9.67. The first-order chi connectivity index (χ1) is 15.3. The topological polar surface area (TPSA) is 86.9 Å². The molecule has 8 nitrogen and oxygen atoms in total. The van der Waals surface area contributed by atoms with Gasteiger partial charge in [0.1, 0.15) is 11.4 Å². The quantitative estimate of drug-likeness (QED) is 0.426. The second-order valence-corrected chi connectivity index (χ2v) is 6.82. The molecule has 3 aromatic rings. The van der Waals surface area contributed by atoms with Crippen LogP contribution in [0.15, 0.2) is 64.5 Å². The molecule has 3 rings (SSSR count). The summed E-state index contributed by atoms with van der Waals surface area (Å²) in [6.45, 7) is 0.173. The Balaban J connectivity index is 1.71. The number of para-hydroxylation sites is 2. The first kappa shape index (κ1) is 22.7. The van der Waals surface area contributed by atoms with Crippen molar-refractivity contribution in [2.75, 3.05) is 5.32 Å². The standard InChI is InChI=1S/C22H22F2N4O4/c1-14-19(21(30)28(27(14)3)17-10-5-4-6-11-17)26-20(29)15(2)32-25-13-16-9-7-8-12-18(16)31-22(23)24/h4-13,15,22H,1-3H3,(H,26,29)/b25-13-/t15-/m0/s1. The number of hydrogen-bond acceptors (Lipinski definition) is 5. The molecule has 1 atom stereocenters. The van der Waals surface area contributed by atoms with Crippen molar-refractivity contribution in [2.24, 2.45) is 12.2 Å². The second kappa shape index (κ2) is 9.90. The maximum Gasteiger partial charge on any atom is 0.387 e. The van der Waals surface area contributed by atoms with E-state index in [1.807, 2.05) is 6.07 Å². The molecule has 168 valence electrons. The van der Waals surface area contributed by atoms with Gasteiger partial charge in [-0.3, -0.25) is 14.3 Å². The summed E-state index contributed by atoms with van der Waals surface area (Å²) in [5.74, 6) is -0.668. The van der Waals surface area contributed by atoms with Crippen LogP contribution in [0.2, 0.25) is 0 Å². The smallest absolute Gasteiger partial charge is 0.387 e. The lowest BCUT2D eigenvalue weighted by Crippen LogP contribution is -2.29. The van der Waals surface area contributed by atoms with Crippen molar-refractivity contribution in [3.05, 3.63) is 76.2 Å². The van der Waals surface area contributed by atoms with Crippen LogP contribution in [0.4, 0.5) is 14.5 Å². The minimum absolute atomic E-state index is 0.0756. The van der Waals surface area contributed by atoms with Crippen LogP contribution in [-0.2, 0) is 16.7 Å². The highest BCUT2D eigenvalue weighted by molar-refractivity contribution is 5.94. The third-order valence-electron chi connectivity index (χ3n) is 4.72. The highest BCUT2D eigenvalue weighted by Gasteiger charge is 2.21. The number of carbonyl (C=O) groups excluding carboxylic acids is 1. The Morgan fingerprint density at radius 1 is 1.12 bits per heavy atom. The minimum atomic E-state index is -2.98. The Morgan fingerprint density at radius 3 is 2.47 bits per heavy atom. The zero-order chi connectivity index (χ0) is 23.3. The van der Waals surface area contributed by atoms with Crippen molar-refractivity contribution in [1.82, 2.24) is 9.36 Å². The summed E-state index contributed by atoms with van der Waals surface area (Å²) in [4.78, 5) is 30.6. The maximum atomic E-state index is 12.9. The molecule has 10 heteroatoms. The lowest BCUT2D eigenvalue weighted by Gasteiger charge is -2.10. The van der Waals surface area contributed by atoms with Crippen LogP contribution in [0.3, 0.4) is 0 Å². The number of benzene rings is 2. The number of halogens is 2. The zero-order valence-electron chi connectivity index (χ0n) is 17.7. The zero-order valence-corrected chi connectivity index (χ0v) is 17.7. The number of amides is 1. The molecule has 0 spiro atoms. The molecule has 2 aromatic carbocycles. The van der Waals surface area contributed by atoms with Gasteiger partial charge >= 0.3 is 6.61 Å². The van der Waals surface area contributed by atoms with Gasteiger partial charge in [0.05, 0.1) is 17.6 Å². The summed E-state index contributed by atoms with van der Waals surface area (Å²) in [7, 11) is 1.71. The van der Waals surface area contributed by atoms with E-state index in [4.69, 9.17) is 4.84 Å². The minimum Gasteiger partial charge on any atom is -0.434 e. The van der Waals surface area contributed by atoms with Gasteiger partial charge in [-0.15, -0.1) is 0 Å². The molecule has 0 aliphatic heterocycles. The molecule has 1 aromatic heterocycles. The van der Waals surface area contributed by atoms with E-state index in [0.717, 1.165) is 6.21 Å². The fourth-order valence-corrected chi connectivity index (χ4v) is 2.95.